The molecule has 1 aliphatic carbocycles. The minimum absolute atomic E-state index is 0.153. The Balaban J connectivity index is 1.70. The molecule has 0 bridgehead atoms. The third-order valence-corrected chi connectivity index (χ3v) is 4.21. The van der Waals surface area contributed by atoms with Gasteiger partial charge in [-0.3, -0.25) is 0 Å². The molecule has 110 valence electrons. The van der Waals surface area contributed by atoms with Gasteiger partial charge in [0.05, 0.1) is 0 Å². The molecule has 4 nitrogen and oxygen atoms in total. The molecule has 22 heavy (non-hydrogen) atoms. The highest BCUT2D eigenvalue weighted by Gasteiger charge is 2.18. The van der Waals surface area contributed by atoms with E-state index in [-0.39, 0.29) is 6.04 Å². The van der Waals surface area contributed by atoms with Gasteiger partial charge < -0.3 is 10.3 Å². The summed E-state index contributed by atoms with van der Waals surface area (Å²) in [6.45, 7) is 0. The summed E-state index contributed by atoms with van der Waals surface area (Å²) in [5.74, 6) is 1.17. The lowest BCUT2D eigenvalue weighted by Crippen LogP contribution is -2.17. The molecular weight excluding hydrogens is 274 g/mol. The summed E-state index contributed by atoms with van der Waals surface area (Å²) in [5, 5.41) is 4.08. The Bertz CT molecular complexity index is 795. The fourth-order valence-corrected chi connectivity index (χ4v) is 3.03. The Morgan fingerprint density at radius 3 is 2.77 bits per heavy atom. The molecule has 4 rings (SSSR count). The number of benzene rings is 2. The largest absolute Gasteiger partial charge is 0.334 e. The summed E-state index contributed by atoms with van der Waals surface area (Å²) >= 11 is 0. The summed E-state index contributed by atoms with van der Waals surface area (Å²) in [6, 6.07) is 16.2. The molecular formula is C18H17N3O. The quantitative estimate of drug-likeness (QED) is 0.781. The van der Waals surface area contributed by atoms with Gasteiger partial charge in [0.15, 0.2) is 0 Å². The standard InChI is InChI=1S/C18H17N3O/c19-16-8-4-7-13-11-14(9-10-15(13)16)18-20-17(21-22-18)12-5-2-1-3-6-12/h1-3,5-6,9-11,16H,4,7-8,19H2. The molecule has 0 amide bonds. The minimum Gasteiger partial charge on any atom is -0.334 e. The molecule has 0 radical (unpaired) electrons. The summed E-state index contributed by atoms with van der Waals surface area (Å²) in [7, 11) is 0. The molecule has 1 aromatic heterocycles. The van der Waals surface area contributed by atoms with Gasteiger partial charge >= 0.3 is 0 Å². The van der Waals surface area contributed by atoms with E-state index in [0.29, 0.717) is 11.7 Å². The van der Waals surface area contributed by atoms with E-state index in [4.69, 9.17) is 10.3 Å². The minimum atomic E-state index is 0.153. The van der Waals surface area contributed by atoms with Crippen LogP contribution in [0, 0.1) is 0 Å². The normalized spacial score (nSPS) is 17.2. The van der Waals surface area contributed by atoms with Crippen LogP contribution < -0.4 is 5.73 Å². The van der Waals surface area contributed by atoms with E-state index in [1.807, 2.05) is 36.4 Å². The molecule has 2 N–H and O–H groups in total. The number of aromatic nitrogens is 2. The number of fused-ring (bicyclic) bond motifs is 1. The first-order valence-corrected chi connectivity index (χ1v) is 7.59. The lowest BCUT2D eigenvalue weighted by molar-refractivity contribution is 0.432. The highest BCUT2D eigenvalue weighted by atomic mass is 16.5. The Kier molecular flexibility index (Phi) is 3.24. The Labute approximate surface area is 129 Å². The van der Waals surface area contributed by atoms with Crippen molar-refractivity contribution in [3.63, 3.8) is 0 Å². The fraction of sp³-hybridized carbons (Fsp3) is 0.222. The predicted molar refractivity (Wildman–Crippen MR) is 85.0 cm³/mol. The summed E-state index contributed by atoms with van der Waals surface area (Å²) < 4.78 is 5.43. The van der Waals surface area contributed by atoms with Gasteiger partial charge in [-0.2, -0.15) is 4.98 Å². The van der Waals surface area contributed by atoms with E-state index < -0.39 is 0 Å². The van der Waals surface area contributed by atoms with Crippen LogP contribution in [0.3, 0.4) is 0 Å². The number of hydrogen-bond acceptors (Lipinski definition) is 4. The second kappa shape index (κ2) is 5.39. The number of rotatable bonds is 2. The second-order valence-electron chi connectivity index (χ2n) is 5.70. The third kappa shape index (κ3) is 2.31. The van der Waals surface area contributed by atoms with Crippen molar-refractivity contribution in [2.24, 2.45) is 5.73 Å². The topological polar surface area (TPSA) is 64.9 Å². The number of nitrogens with two attached hydrogens (primary N) is 1. The molecule has 3 aromatic rings. The first kappa shape index (κ1) is 13.2. The first-order chi connectivity index (χ1) is 10.8. The Morgan fingerprint density at radius 1 is 1.05 bits per heavy atom. The van der Waals surface area contributed by atoms with Crippen LogP contribution in [-0.4, -0.2) is 10.1 Å². The molecule has 0 aliphatic heterocycles. The van der Waals surface area contributed by atoms with E-state index in [2.05, 4.69) is 22.3 Å². The maximum Gasteiger partial charge on any atom is 0.258 e. The van der Waals surface area contributed by atoms with Crippen LogP contribution in [0.4, 0.5) is 0 Å². The van der Waals surface area contributed by atoms with Crippen molar-refractivity contribution in [2.75, 3.05) is 0 Å². The molecule has 1 unspecified atom stereocenters. The van der Waals surface area contributed by atoms with Crippen LogP contribution >= 0.6 is 0 Å². The molecule has 0 spiro atoms. The SMILES string of the molecule is NC1CCCc2cc(-c3nc(-c4ccccc4)no3)ccc21. The van der Waals surface area contributed by atoms with Gasteiger partial charge in [-0.05, 0) is 42.5 Å². The molecule has 2 aromatic carbocycles. The van der Waals surface area contributed by atoms with Crippen molar-refractivity contribution < 1.29 is 4.52 Å². The maximum absolute atomic E-state index is 6.16. The van der Waals surface area contributed by atoms with Gasteiger partial charge in [0.2, 0.25) is 5.82 Å². The summed E-state index contributed by atoms with van der Waals surface area (Å²) in [6.07, 6.45) is 3.26. The van der Waals surface area contributed by atoms with Crippen molar-refractivity contribution in [1.82, 2.24) is 10.1 Å². The molecule has 1 heterocycles. The highest BCUT2D eigenvalue weighted by molar-refractivity contribution is 5.61. The molecule has 0 saturated heterocycles. The van der Waals surface area contributed by atoms with E-state index in [9.17, 15) is 0 Å². The van der Waals surface area contributed by atoms with Crippen molar-refractivity contribution >= 4 is 0 Å². The maximum atomic E-state index is 6.16. The smallest absolute Gasteiger partial charge is 0.258 e. The molecule has 1 aliphatic rings. The zero-order valence-electron chi connectivity index (χ0n) is 12.2. The number of hydrogen-bond donors (Lipinski definition) is 1. The van der Waals surface area contributed by atoms with Crippen LogP contribution in [0.25, 0.3) is 22.8 Å². The predicted octanol–water partition coefficient (Wildman–Crippen LogP) is 3.74. The fourth-order valence-electron chi connectivity index (χ4n) is 3.03. The monoisotopic (exact) mass is 291 g/mol. The third-order valence-electron chi connectivity index (χ3n) is 4.21. The van der Waals surface area contributed by atoms with Gasteiger partial charge in [0.25, 0.3) is 5.89 Å². The number of aryl methyl sites for hydroxylation is 1. The van der Waals surface area contributed by atoms with Gasteiger partial charge in [-0.1, -0.05) is 41.6 Å². The summed E-state index contributed by atoms with van der Waals surface area (Å²) in [5.41, 5.74) is 10.6. The van der Waals surface area contributed by atoms with E-state index in [1.165, 1.54) is 11.1 Å². The zero-order valence-corrected chi connectivity index (χ0v) is 12.2. The van der Waals surface area contributed by atoms with Gasteiger partial charge in [-0.15, -0.1) is 0 Å². The average molecular weight is 291 g/mol. The molecule has 1 atom stereocenters. The summed E-state index contributed by atoms with van der Waals surface area (Å²) in [4.78, 5) is 4.51. The van der Waals surface area contributed by atoms with Gasteiger partial charge in [0.1, 0.15) is 0 Å². The molecule has 0 fully saturated rings. The Morgan fingerprint density at radius 2 is 1.91 bits per heavy atom. The number of nitrogens with zero attached hydrogens (tertiary/aromatic N) is 2. The lowest BCUT2D eigenvalue weighted by Gasteiger charge is -2.22. The van der Waals surface area contributed by atoms with Crippen LogP contribution in [0.2, 0.25) is 0 Å². The second-order valence-corrected chi connectivity index (χ2v) is 5.70. The van der Waals surface area contributed by atoms with Gasteiger partial charge in [-0.25, -0.2) is 0 Å². The van der Waals surface area contributed by atoms with E-state index >= 15 is 0 Å². The van der Waals surface area contributed by atoms with Crippen LogP contribution in [-0.2, 0) is 6.42 Å². The van der Waals surface area contributed by atoms with Crippen LogP contribution in [0.5, 0.6) is 0 Å². The van der Waals surface area contributed by atoms with E-state index in [0.717, 1.165) is 30.4 Å². The zero-order chi connectivity index (χ0) is 14.9. The van der Waals surface area contributed by atoms with Gasteiger partial charge in [0, 0.05) is 17.2 Å². The molecule has 0 saturated carbocycles. The van der Waals surface area contributed by atoms with Crippen LogP contribution in [0.15, 0.2) is 53.1 Å². The molecule has 4 heteroatoms. The van der Waals surface area contributed by atoms with Crippen molar-refractivity contribution in [3.05, 3.63) is 59.7 Å². The van der Waals surface area contributed by atoms with E-state index in [1.54, 1.807) is 0 Å². The first-order valence-electron chi connectivity index (χ1n) is 7.59. The van der Waals surface area contributed by atoms with Crippen LogP contribution in [0.1, 0.15) is 30.0 Å². The van der Waals surface area contributed by atoms with Crippen molar-refractivity contribution in [3.8, 4) is 22.8 Å². The lowest BCUT2D eigenvalue weighted by atomic mass is 9.87. The average Bonchev–Trinajstić information content (AvgIpc) is 3.06. The van der Waals surface area contributed by atoms with Crippen molar-refractivity contribution in [2.45, 2.75) is 25.3 Å². The Hall–Kier alpha value is -2.46. The highest BCUT2D eigenvalue weighted by Crippen LogP contribution is 2.31. The van der Waals surface area contributed by atoms with Crippen molar-refractivity contribution in [1.29, 1.82) is 0 Å².